The van der Waals surface area contributed by atoms with Gasteiger partial charge in [0, 0.05) is 11.3 Å². The third kappa shape index (κ3) is 3.39. The number of ether oxygens (including phenoxy) is 1. The Morgan fingerprint density at radius 1 is 1.19 bits per heavy atom. The molecule has 2 N–H and O–H groups in total. The molecule has 3 rings (SSSR count). The summed E-state index contributed by atoms with van der Waals surface area (Å²) in [6.45, 7) is 1.90. The van der Waals surface area contributed by atoms with Gasteiger partial charge in [-0.05, 0) is 42.8 Å². The molecule has 0 saturated heterocycles. The number of thiazole rings is 1. The second kappa shape index (κ2) is 7.53. The zero-order valence-corrected chi connectivity index (χ0v) is 15.3. The first-order chi connectivity index (χ1) is 12.5. The molecule has 0 saturated carbocycles. The highest BCUT2D eigenvalue weighted by Crippen LogP contribution is 2.23. The molecular weight excluding hydrogens is 350 g/mol. The maximum Gasteiger partial charge on any atom is 0.328 e. The fourth-order valence-corrected chi connectivity index (χ4v) is 3.81. The van der Waals surface area contributed by atoms with Crippen LogP contribution in [0.25, 0.3) is 10.2 Å². The van der Waals surface area contributed by atoms with Gasteiger partial charge in [-0.15, -0.1) is 0 Å². The highest BCUT2D eigenvalue weighted by atomic mass is 32.1. The highest BCUT2D eigenvalue weighted by Gasteiger charge is 2.23. The number of benzene rings is 2. The van der Waals surface area contributed by atoms with Gasteiger partial charge in [0.05, 0.1) is 17.3 Å². The molecule has 0 spiro atoms. The molecule has 1 heterocycles. The highest BCUT2D eigenvalue weighted by molar-refractivity contribution is 7.16. The summed E-state index contributed by atoms with van der Waals surface area (Å²) in [5.74, 6) is -0.748. The number of fused-ring (bicyclic) bond motifs is 1. The molecule has 0 bridgehead atoms. The van der Waals surface area contributed by atoms with Crippen LogP contribution in [0.4, 0.5) is 5.69 Å². The second-order valence-electron chi connectivity index (χ2n) is 5.71. The minimum Gasteiger partial charge on any atom is -0.467 e. The molecule has 0 radical (unpaired) electrons. The summed E-state index contributed by atoms with van der Waals surface area (Å²) in [5, 5.41) is 0. The first-order valence-electron chi connectivity index (χ1n) is 8.17. The van der Waals surface area contributed by atoms with E-state index >= 15 is 0 Å². The normalized spacial score (nSPS) is 12.9. The Morgan fingerprint density at radius 3 is 2.54 bits per heavy atom. The van der Waals surface area contributed by atoms with E-state index in [0.717, 1.165) is 10.2 Å². The number of rotatable bonds is 4. The van der Waals surface area contributed by atoms with Gasteiger partial charge in [-0.3, -0.25) is 4.79 Å². The fraction of sp³-hybridized carbons (Fsp3) is 0.211. The van der Waals surface area contributed by atoms with Crippen LogP contribution in [0.1, 0.15) is 29.7 Å². The average Bonchev–Trinajstić information content (AvgIpc) is 3.00. The predicted molar refractivity (Wildman–Crippen MR) is 102 cm³/mol. The number of anilines is 1. The van der Waals surface area contributed by atoms with Gasteiger partial charge >= 0.3 is 5.97 Å². The molecule has 1 atom stereocenters. The number of nitrogens with zero attached hydrogens (tertiary/aromatic N) is 2. The smallest absolute Gasteiger partial charge is 0.328 e. The van der Waals surface area contributed by atoms with Gasteiger partial charge in [-0.2, -0.15) is 4.99 Å². The average molecular weight is 369 g/mol. The molecule has 0 aliphatic carbocycles. The molecule has 1 unspecified atom stereocenters. The lowest BCUT2D eigenvalue weighted by Gasteiger charge is -2.15. The summed E-state index contributed by atoms with van der Waals surface area (Å²) in [5.41, 5.74) is 7.53. The minimum atomic E-state index is -0.547. The molecule has 3 aromatic rings. The van der Waals surface area contributed by atoms with Crippen LogP contribution in [0.3, 0.4) is 0 Å². The van der Waals surface area contributed by atoms with E-state index in [0.29, 0.717) is 22.5 Å². The van der Waals surface area contributed by atoms with E-state index < -0.39 is 6.04 Å². The van der Waals surface area contributed by atoms with Crippen LogP contribution in [-0.4, -0.2) is 23.6 Å². The van der Waals surface area contributed by atoms with Crippen molar-refractivity contribution >= 4 is 39.1 Å². The summed E-state index contributed by atoms with van der Waals surface area (Å²) >= 11 is 1.36. The number of nitrogens with two attached hydrogens (primary N) is 1. The minimum absolute atomic E-state index is 0.363. The fourth-order valence-electron chi connectivity index (χ4n) is 2.74. The lowest BCUT2D eigenvalue weighted by molar-refractivity contribution is -0.144. The van der Waals surface area contributed by atoms with Crippen molar-refractivity contribution in [3.63, 3.8) is 0 Å². The number of carbonyl (C=O) groups is 2. The quantitative estimate of drug-likeness (QED) is 0.565. The zero-order chi connectivity index (χ0) is 18.7. The van der Waals surface area contributed by atoms with Gasteiger partial charge < -0.3 is 15.0 Å². The number of aromatic nitrogens is 1. The number of hydrogen-bond acceptors (Lipinski definition) is 5. The van der Waals surface area contributed by atoms with Crippen LogP contribution in [-0.2, 0) is 9.53 Å². The standard InChI is InChI=1S/C19H19N3O3S/c1-3-14(18(24)25-2)22-15-6-4-5-7-16(15)26-19(22)21-17(23)12-8-10-13(20)11-9-12/h4-11,14H,3,20H2,1-2H3. The third-order valence-corrected chi connectivity index (χ3v) is 5.09. The van der Waals surface area contributed by atoms with Crippen LogP contribution in [0.15, 0.2) is 53.5 Å². The lowest BCUT2D eigenvalue weighted by Crippen LogP contribution is -2.28. The van der Waals surface area contributed by atoms with Gasteiger partial charge in [-0.25, -0.2) is 4.79 Å². The van der Waals surface area contributed by atoms with Gasteiger partial charge in [0.25, 0.3) is 5.91 Å². The van der Waals surface area contributed by atoms with Gasteiger partial charge in [0.15, 0.2) is 4.80 Å². The summed E-state index contributed by atoms with van der Waals surface area (Å²) < 4.78 is 7.66. The molecule has 6 nitrogen and oxygen atoms in total. The molecule has 1 aromatic heterocycles. The maximum atomic E-state index is 12.6. The van der Waals surface area contributed by atoms with E-state index in [9.17, 15) is 9.59 Å². The number of methoxy groups -OCH3 is 1. The number of amides is 1. The summed E-state index contributed by atoms with van der Waals surface area (Å²) in [6.07, 6.45) is 0.524. The van der Waals surface area contributed by atoms with Gasteiger partial charge in [-0.1, -0.05) is 30.4 Å². The van der Waals surface area contributed by atoms with E-state index in [1.54, 1.807) is 28.8 Å². The number of nitrogen functional groups attached to an aromatic ring is 1. The van der Waals surface area contributed by atoms with E-state index in [4.69, 9.17) is 10.5 Å². The van der Waals surface area contributed by atoms with Crippen molar-refractivity contribution in [1.29, 1.82) is 0 Å². The zero-order valence-electron chi connectivity index (χ0n) is 14.5. The predicted octanol–water partition coefficient (Wildman–Crippen LogP) is 3.15. The van der Waals surface area contributed by atoms with Crippen LogP contribution in [0, 0.1) is 0 Å². The van der Waals surface area contributed by atoms with E-state index in [1.165, 1.54) is 18.4 Å². The Labute approximate surface area is 154 Å². The Balaban J connectivity index is 2.18. The molecule has 0 fully saturated rings. The molecule has 134 valence electrons. The van der Waals surface area contributed by atoms with Crippen molar-refractivity contribution in [2.45, 2.75) is 19.4 Å². The van der Waals surface area contributed by atoms with Crippen molar-refractivity contribution in [1.82, 2.24) is 4.57 Å². The monoisotopic (exact) mass is 369 g/mol. The van der Waals surface area contributed by atoms with Gasteiger partial charge in [0.1, 0.15) is 6.04 Å². The molecular formula is C19H19N3O3S. The van der Waals surface area contributed by atoms with E-state index in [2.05, 4.69) is 4.99 Å². The third-order valence-electron chi connectivity index (χ3n) is 4.06. The molecule has 0 aliphatic rings. The Bertz CT molecular complexity index is 1020. The molecule has 1 amide bonds. The molecule has 7 heteroatoms. The van der Waals surface area contributed by atoms with E-state index in [-0.39, 0.29) is 11.9 Å². The topological polar surface area (TPSA) is 86.7 Å². The van der Waals surface area contributed by atoms with Gasteiger partial charge in [0.2, 0.25) is 0 Å². The van der Waals surface area contributed by atoms with Crippen molar-refractivity contribution in [3.8, 4) is 0 Å². The number of para-hydroxylation sites is 1. The maximum absolute atomic E-state index is 12.6. The summed E-state index contributed by atoms with van der Waals surface area (Å²) in [6, 6.07) is 13.7. The summed E-state index contributed by atoms with van der Waals surface area (Å²) in [7, 11) is 1.36. The molecule has 2 aromatic carbocycles. The Hall–Kier alpha value is -2.93. The number of carbonyl (C=O) groups excluding carboxylic acids is 2. The number of esters is 1. The first-order valence-corrected chi connectivity index (χ1v) is 8.99. The Morgan fingerprint density at radius 2 is 1.88 bits per heavy atom. The van der Waals surface area contributed by atoms with Crippen molar-refractivity contribution in [2.75, 3.05) is 12.8 Å². The van der Waals surface area contributed by atoms with Crippen molar-refractivity contribution in [2.24, 2.45) is 4.99 Å². The first kappa shape index (κ1) is 17.9. The van der Waals surface area contributed by atoms with Crippen molar-refractivity contribution < 1.29 is 14.3 Å². The van der Waals surface area contributed by atoms with Crippen LogP contribution in [0.2, 0.25) is 0 Å². The van der Waals surface area contributed by atoms with Crippen LogP contribution < -0.4 is 10.5 Å². The van der Waals surface area contributed by atoms with Crippen molar-refractivity contribution in [3.05, 3.63) is 58.9 Å². The SMILES string of the molecule is CCC(C(=O)OC)n1c(=NC(=O)c2ccc(N)cc2)sc2ccccc21. The van der Waals surface area contributed by atoms with Crippen LogP contribution >= 0.6 is 11.3 Å². The molecule has 0 aliphatic heterocycles. The molecule has 26 heavy (non-hydrogen) atoms. The lowest BCUT2D eigenvalue weighted by atomic mass is 10.2. The second-order valence-corrected chi connectivity index (χ2v) is 6.72. The number of hydrogen-bond donors (Lipinski definition) is 1. The summed E-state index contributed by atoms with van der Waals surface area (Å²) in [4.78, 5) is 29.6. The van der Waals surface area contributed by atoms with Crippen LogP contribution in [0.5, 0.6) is 0 Å². The Kier molecular flexibility index (Phi) is 5.18. The van der Waals surface area contributed by atoms with E-state index in [1.807, 2.05) is 31.2 Å². The largest absolute Gasteiger partial charge is 0.467 e.